The van der Waals surface area contributed by atoms with Crippen LogP contribution in [-0.2, 0) is 20.9 Å². The first kappa shape index (κ1) is 16.9. The van der Waals surface area contributed by atoms with E-state index in [1.807, 2.05) is 43.3 Å². The molecule has 2 fully saturated rings. The molecule has 1 saturated heterocycles. The summed E-state index contributed by atoms with van der Waals surface area (Å²) >= 11 is 0. The third-order valence-electron chi connectivity index (χ3n) is 6.32. The zero-order valence-electron chi connectivity index (χ0n) is 15.3. The molecule has 1 aromatic carbocycles. The first-order valence-corrected chi connectivity index (χ1v) is 9.37. The van der Waals surface area contributed by atoms with Crippen molar-refractivity contribution in [3.05, 3.63) is 47.7 Å². The first-order valence-electron chi connectivity index (χ1n) is 9.37. The number of benzene rings is 1. The van der Waals surface area contributed by atoms with E-state index in [0.717, 1.165) is 33.6 Å². The average Bonchev–Trinajstić information content (AvgIpc) is 3.40. The van der Waals surface area contributed by atoms with Gasteiger partial charge in [0, 0.05) is 22.2 Å². The molecule has 7 nitrogen and oxygen atoms in total. The summed E-state index contributed by atoms with van der Waals surface area (Å²) in [5.74, 6) is -1.67. The molecular formula is C21H19N3O4. The van der Waals surface area contributed by atoms with Crippen LogP contribution in [0.3, 0.4) is 0 Å². The number of nitrogens with zero attached hydrogens (tertiary/aromatic N) is 3. The summed E-state index contributed by atoms with van der Waals surface area (Å²) in [5, 5.41) is 15.3. The lowest BCUT2D eigenvalue weighted by atomic mass is 9.85. The van der Waals surface area contributed by atoms with Gasteiger partial charge in [-0.15, -0.1) is 0 Å². The molecule has 2 bridgehead atoms. The highest BCUT2D eigenvalue weighted by Gasteiger charge is 2.59. The highest BCUT2D eigenvalue weighted by Crippen LogP contribution is 2.52. The first-order chi connectivity index (χ1) is 13.5. The second kappa shape index (κ2) is 5.89. The fourth-order valence-corrected chi connectivity index (χ4v) is 5.08. The highest BCUT2D eigenvalue weighted by molar-refractivity contribution is 6.08. The fourth-order valence-electron chi connectivity index (χ4n) is 5.08. The number of hydrazone groups is 1. The minimum absolute atomic E-state index is 0.144. The van der Waals surface area contributed by atoms with Crippen molar-refractivity contribution in [3.63, 3.8) is 0 Å². The standard InChI is InChI=1S/C21H19N3O4/c1-11-15(14-4-2-3-5-16(14)23(11)10-17(25)26)9-22-24-20(27)18-12-6-7-13(8-12)19(18)21(24)28/h2-7,9,12-13,18-19H,8,10H2,1H3,(H,25,26). The summed E-state index contributed by atoms with van der Waals surface area (Å²) in [6, 6.07) is 7.44. The van der Waals surface area contributed by atoms with Crippen molar-refractivity contribution < 1.29 is 19.5 Å². The number of carboxylic acid groups (broad SMARTS) is 1. The van der Waals surface area contributed by atoms with Crippen LogP contribution in [0.4, 0.5) is 0 Å². The Bertz CT molecular complexity index is 1070. The third kappa shape index (κ3) is 2.22. The number of aromatic nitrogens is 1. The van der Waals surface area contributed by atoms with Crippen LogP contribution in [0, 0.1) is 30.6 Å². The van der Waals surface area contributed by atoms with Crippen molar-refractivity contribution in [1.29, 1.82) is 0 Å². The predicted molar refractivity (Wildman–Crippen MR) is 101 cm³/mol. The Labute approximate surface area is 160 Å². The molecule has 1 aliphatic heterocycles. The topological polar surface area (TPSA) is 92.0 Å². The van der Waals surface area contributed by atoms with Gasteiger partial charge in [-0.2, -0.15) is 10.1 Å². The van der Waals surface area contributed by atoms with E-state index in [9.17, 15) is 19.5 Å². The van der Waals surface area contributed by atoms with Crippen LogP contribution in [-0.4, -0.2) is 38.7 Å². The smallest absolute Gasteiger partial charge is 0.323 e. The summed E-state index contributed by atoms with van der Waals surface area (Å²) in [6.07, 6.45) is 6.50. The summed E-state index contributed by atoms with van der Waals surface area (Å²) in [5.41, 5.74) is 2.23. The Hall–Kier alpha value is -3.22. The van der Waals surface area contributed by atoms with E-state index in [2.05, 4.69) is 5.10 Å². The third-order valence-corrected chi connectivity index (χ3v) is 6.32. The number of carbonyl (C=O) groups excluding carboxylic acids is 2. The second-order valence-electron chi connectivity index (χ2n) is 7.73. The number of allylic oxidation sites excluding steroid dienone is 2. The molecule has 2 amide bonds. The molecule has 0 spiro atoms. The van der Waals surface area contributed by atoms with E-state index in [4.69, 9.17) is 0 Å². The number of imide groups is 1. The molecule has 7 heteroatoms. The van der Waals surface area contributed by atoms with Gasteiger partial charge in [-0.1, -0.05) is 30.4 Å². The maximum absolute atomic E-state index is 12.8. The van der Waals surface area contributed by atoms with Gasteiger partial charge in [0.1, 0.15) is 6.54 Å². The van der Waals surface area contributed by atoms with Crippen LogP contribution >= 0.6 is 0 Å². The Balaban J connectivity index is 1.52. The maximum atomic E-state index is 12.8. The number of hydrogen-bond acceptors (Lipinski definition) is 4. The maximum Gasteiger partial charge on any atom is 0.323 e. The molecule has 4 unspecified atom stereocenters. The monoisotopic (exact) mass is 377 g/mol. The molecule has 1 saturated carbocycles. The van der Waals surface area contributed by atoms with Crippen molar-refractivity contribution in [2.45, 2.75) is 19.9 Å². The zero-order chi connectivity index (χ0) is 19.6. The quantitative estimate of drug-likeness (QED) is 0.502. The lowest BCUT2D eigenvalue weighted by molar-refractivity contribution is -0.141. The van der Waals surface area contributed by atoms with Gasteiger partial charge in [0.2, 0.25) is 0 Å². The summed E-state index contributed by atoms with van der Waals surface area (Å²) in [7, 11) is 0. The summed E-state index contributed by atoms with van der Waals surface area (Å²) < 4.78 is 1.70. The molecule has 4 atom stereocenters. The lowest BCUT2D eigenvalue weighted by Crippen LogP contribution is -2.28. The predicted octanol–water partition coefficient (Wildman–Crippen LogP) is 2.18. The Morgan fingerprint density at radius 1 is 1.18 bits per heavy atom. The highest BCUT2D eigenvalue weighted by atomic mass is 16.4. The number of carbonyl (C=O) groups is 3. The van der Waals surface area contributed by atoms with Gasteiger partial charge in [0.15, 0.2) is 0 Å². The van der Waals surface area contributed by atoms with E-state index in [-0.39, 0.29) is 42.0 Å². The van der Waals surface area contributed by atoms with E-state index < -0.39 is 5.97 Å². The van der Waals surface area contributed by atoms with E-state index in [0.29, 0.717) is 0 Å². The molecular weight excluding hydrogens is 358 g/mol. The van der Waals surface area contributed by atoms with Crippen LogP contribution in [0.15, 0.2) is 41.5 Å². The summed E-state index contributed by atoms with van der Waals surface area (Å²) in [4.78, 5) is 36.8. The van der Waals surface area contributed by atoms with Gasteiger partial charge >= 0.3 is 5.97 Å². The van der Waals surface area contributed by atoms with Gasteiger partial charge in [-0.25, -0.2) is 0 Å². The van der Waals surface area contributed by atoms with E-state index >= 15 is 0 Å². The molecule has 1 N–H and O–H groups in total. The van der Waals surface area contributed by atoms with Crippen molar-refractivity contribution >= 4 is 34.9 Å². The largest absolute Gasteiger partial charge is 0.480 e. The Kier molecular flexibility index (Phi) is 3.56. The van der Waals surface area contributed by atoms with Crippen LogP contribution < -0.4 is 0 Å². The van der Waals surface area contributed by atoms with Crippen LogP contribution in [0.5, 0.6) is 0 Å². The summed E-state index contributed by atoms with van der Waals surface area (Å²) in [6.45, 7) is 1.65. The SMILES string of the molecule is Cc1c(C=NN2C(=O)C3C4C=CC(C4)C3C2=O)c2ccccc2n1CC(=O)O. The minimum atomic E-state index is -0.937. The van der Waals surface area contributed by atoms with Crippen molar-refractivity contribution in [1.82, 2.24) is 9.58 Å². The van der Waals surface area contributed by atoms with Gasteiger partial charge < -0.3 is 9.67 Å². The molecule has 2 aliphatic carbocycles. The molecule has 0 radical (unpaired) electrons. The number of aliphatic carboxylic acids is 1. The molecule has 2 heterocycles. The van der Waals surface area contributed by atoms with E-state index in [1.54, 1.807) is 4.57 Å². The molecule has 5 rings (SSSR count). The zero-order valence-corrected chi connectivity index (χ0v) is 15.3. The van der Waals surface area contributed by atoms with Crippen LogP contribution in [0.1, 0.15) is 17.7 Å². The normalized spacial score (nSPS) is 28.2. The van der Waals surface area contributed by atoms with Crippen LogP contribution in [0.2, 0.25) is 0 Å². The fraction of sp³-hybridized carbons (Fsp3) is 0.333. The van der Waals surface area contributed by atoms with Gasteiger partial charge in [-0.05, 0) is 31.2 Å². The lowest BCUT2D eigenvalue weighted by Gasteiger charge is -2.13. The number of rotatable bonds is 4. The molecule has 3 aliphatic rings. The van der Waals surface area contributed by atoms with Gasteiger partial charge in [0.05, 0.1) is 18.1 Å². The number of hydrogen-bond donors (Lipinski definition) is 1. The number of para-hydroxylation sites is 1. The molecule has 1 aromatic heterocycles. The van der Waals surface area contributed by atoms with Crippen molar-refractivity contribution in [3.8, 4) is 0 Å². The molecule has 28 heavy (non-hydrogen) atoms. The number of amides is 2. The number of carboxylic acids is 1. The van der Waals surface area contributed by atoms with Crippen LogP contribution in [0.25, 0.3) is 10.9 Å². The Morgan fingerprint density at radius 2 is 1.82 bits per heavy atom. The average molecular weight is 377 g/mol. The number of fused-ring (bicyclic) bond motifs is 6. The minimum Gasteiger partial charge on any atom is -0.480 e. The van der Waals surface area contributed by atoms with Gasteiger partial charge in [0.25, 0.3) is 11.8 Å². The second-order valence-corrected chi connectivity index (χ2v) is 7.73. The van der Waals surface area contributed by atoms with E-state index in [1.165, 1.54) is 6.21 Å². The van der Waals surface area contributed by atoms with Crippen molar-refractivity contribution in [2.75, 3.05) is 0 Å². The van der Waals surface area contributed by atoms with Crippen molar-refractivity contribution in [2.24, 2.45) is 28.8 Å². The Morgan fingerprint density at radius 3 is 2.46 bits per heavy atom. The molecule has 142 valence electrons. The van der Waals surface area contributed by atoms with Gasteiger partial charge in [-0.3, -0.25) is 14.4 Å². The molecule has 2 aromatic rings.